The van der Waals surface area contributed by atoms with Gasteiger partial charge >= 0.3 is 6.18 Å². The lowest BCUT2D eigenvalue weighted by atomic mass is 9.95. The van der Waals surface area contributed by atoms with Crippen LogP contribution in [0.2, 0.25) is 0 Å². The number of alkyl halides is 3. The molecule has 0 amide bonds. The van der Waals surface area contributed by atoms with Crippen LogP contribution in [0.3, 0.4) is 0 Å². The molecule has 0 radical (unpaired) electrons. The molecule has 3 rings (SSSR count). The minimum Gasteiger partial charge on any atom is -0.262 e. The first-order valence-electron chi connectivity index (χ1n) is 8.01. The molecule has 0 aliphatic rings. The van der Waals surface area contributed by atoms with E-state index in [0.717, 1.165) is 10.9 Å². The number of rotatable bonds is 3. The van der Waals surface area contributed by atoms with E-state index >= 15 is 0 Å². The Balaban J connectivity index is 2.30. The van der Waals surface area contributed by atoms with E-state index < -0.39 is 21.7 Å². The van der Waals surface area contributed by atoms with E-state index in [-0.39, 0.29) is 16.2 Å². The molecule has 0 aliphatic heterocycles. The average Bonchev–Trinajstić information content (AvgIpc) is 2.92. The highest BCUT2D eigenvalue weighted by atomic mass is 32.2. The van der Waals surface area contributed by atoms with Crippen LogP contribution in [-0.4, -0.2) is 24.5 Å². The molecule has 0 bridgehead atoms. The molecule has 8 heteroatoms. The fourth-order valence-electron chi connectivity index (χ4n) is 3.02. The van der Waals surface area contributed by atoms with Gasteiger partial charge in [-0.15, -0.1) is 0 Å². The number of benzene rings is 2. The fourth-order valence-corrected chi connectivity index (χ4v) is 3.65. The Bertz CT molecular complexity index is 1100. The molecule has 0 aliphatic carbocycles. The van der Waals surface area contributed by atoms with Crippen molar-refractivity contribution < 1.29 is 21.6 Å². The number of aromatic nitrogens is 2. The lowest BCUT2D eigenvalue weighted by molar-refractivity contribution is -0.143. The topological polar surface area (TPSA) is 52.0 Å². The van der Waals surface area contributed by atoms with E-state index in [1.165, 1.54) is 31.3 Å². The van der Waals surface area contributed by atoms with Crippen molar-refractivity contribution in [1.82, 2.24) is 9.78 Å². The van der Waals surface area contributed by atoms with Crippen molar-refractivity contribution in [3.63, 3.8) is 0 Å². The molecular weight excluding hydrogens is 377 g/mol. The highest BCUT2D eigenvalue weighted by Crippen LogP contribution is 2.43. The molecule has 3 aromatic rings. The number of aryl methyl sites for hydroxylation is 2. The number of hydrogen-bond donors (Lipinski definition) is 0. The minimum atomic E-state index is -4.59. The third kappa shape index (κ3) is 3.62. The Hall–Kier alpha value is -2.61. The van der Waals surface area contributed by atoms with E-state index in [1.807, 2.05) is 0 Å². The van der Waals surface area contributed by atoms with Gasteiger partial charge in [0.2, 0.25) is 0 Å². The lowest BCUT2D eigenvalue weighted by Gasteiger charge is -2.13. The first-order valence-corrected chi connectivity index (χ1v) is 9.90. The van der Waals surface area contributed by atoms with E-state index in [2.05, 4.69) is 5.10 Å². The van der Waals surface area contributed by atoms with E-state index in [0.29, 0.717) is 16.7 Å². The van der Waals surface area contributed by atoms with Crippen molar-refractivity contribution in [2.45, 2.75) is 18.0 Å². The van der Waals surface area contributed by atoms with Gasteiger partial charge in [-0.2, -0.15) is 18.3 Å². The molecule has 142 valence electrons. The predicted molar refractivity (Wildman–Crippen MR) is 96.9 cm³/mol. The number of sulfone groups is 1. The zero-order chi connectivity index (χ0) is 20.0. The Morgan fingerprint density at radius 1 is 1.00 bits per heavy atom. The van der Waals surface area contributed by atoms with Crippen LogP contribution >= 0.6 is 0 Å². The predicted octanol–water partition coefficient (Wildman–Crippen LogP) is 4.48. The van der Waals surface area contributed by atoms with Crippen LogP contribution in [0.4, 0.5) is 13.2 Å². The van der Waals surface area contributed by atoms with Gasteiger partial charge in [-0.1, -0.05) is 36.4 Å². The second kappa shape index (κ2) is 6.53. The van der Waals surface area contributed by atoms with E-state index in [9.17, 15) is 21.6 Å². The van der Waals surface area contributed by atoms with E-state index in [4.69, 9.17) is 0 Å². The summed E-state index contributed by atoms with van der Waals surface area (Å²) in [5.74, 6) is 0. The largest absolute Gasteiger partial charge is 0.433 e. The maximum absolute atomic E-state index is 13.7. The van der Waals surface area contributed by atoms with Gasteiger partial charge in [0, 0.05) is 24.4 Å². The molecule has 1 heterocycles. The Kier molecular flexibility index (Phi) is 4.63. The molecule has 1 aromatic heterocycles. The first-order chi connectivity index (χ1) is 12.5. The van der Waals surface area contributed by atoms with Gasteiger partial charge in [-0.05, 0) is 30.2 Å². The van der Waals surface area contributed by atoms with Crippen molar-refractivity contribution >= 4 is 9.84 Å². The van der Waals surface area contributed by atoms with Gasteiger partial charge in [0.25, 0.3) is 0 Å². The van der Waals surface area contributed by atoms with Crippen molar-refractivity contribution in [3.8, 4) is 22.4 Å². The Morgan fingerprint density at radius 2 is 1.59 bits per heavy atom. The van der Waals surface area contributed by atoms with Crippen LogP contribution in [0, 0.1) is 6.92 Å². The molecule has 0 fully saturated rings. The summed E-state index contributed by atoms with van der Waals surface area (Å²) in [5.41, 5.74) is 0.810. The molecule has 0 atom stereocenters. The van der Waals surface area contributed by atoms with Crippen LogP contribution in [0.1, 0.15) is 11.3 Å². The monoisotopic (exact) mass is 394 g/mol. The average molecular weight is 394 g/mol. The third-order valence-corrected chi connectivity index (χ3v) is 5.41. The zero-order valence-corrected chi connectivity index (χ0v) is 15.7. The van der Waals surface area contributed by atoms with Crippen LogP contribution in [-0.2, 0) is 23.1 Å². The van der Waals surface area contributed by atoms with Crippen molar-refractivity contribution in [1.29, 1.82) is 0 Å². The van der Waals surface area contributed by atoms with Crippen LogP contribution < -0.4 is 0 Å². The molecule has 2 aromatic carbocycles. The van der Waals surface area contributed by atoms with Crippen LogP contribution in [0.25, 0.3) is 22.4 Å². The molecule has 0 N–H and O–H groups in total. The SMILES string of the molecule is Cc1ccccc1-c1c(-c2ccc(S(C)(=O)=O)cc2)nn(C)c1C(F)(F)F. The van der Waals surface area contributed by atoms with Crippen molar-refractivity contribution in [3.05, 3.63) is 59.8 Å². The first kappa shape index (κ1) is 19.2. The molecule has 27 heavy (non-hydrogen) atoms. The van der Waals surface area contributed by atoms with Crippen LogP contribution in [0.15, 0.2) is 53.4 Å². The molecule has 0 saturated carbocycles. The highest BCUT2D eigenvalue weighted by molar-refractivity contribution is 7.90. The number of nitrogens with zero attached hydrogens (tertiary/aromatic N) is 2. The normalized spacial score (nSPS) is 12.4. The summed E-state index contributed by atoms with van der Waals surface area (Å²) in [6.07, 6.45) is -3.52. The zero-order valence-electron chi connectivity index (χ0n) is 14.9. The summed E-state index contributed by atoms with van der Waals surface area (Å²) >= 11 is 0. The van der Waals surface area contributed by atoms with Gasteiger partial charge in [-0.3, -0.25) is 4.68 Å². The Morgan fingerprint density at radius 3 is 2.11 bits per heavy atom. The molecular formula is C19H17F3N2O2S. The van der Waals surface area contributed by atoms with Gasteiger partial charge in [-0.25, -0.2) is 8.42 Å². The molecule has 0 saturated heterocycles. The lowest BCUT2D eigenvalue weighted by Crippen LogP contribution is -2.13. The van der Waals surface area contributed by atoms with Gasteiger partial charge in [0.05, 0.1) is 4.90 Å². The molecule has 0 spiro atoms. The molecule has 4 nitrogen and oxygen atoms in total. The number of hydrogen-bond acceptors (Lipinski definition) is 3. The maximum atomic E-state index is 13.7. The quantitative estimate of drug-likeness (QED) is 0.658. The summed E-state index contributed by atoms with van der Waals surface area (Å²) in [4.78, 5) is 0.0932. The Labute approximate surface area is 155 Å². The summed E-state index contributed by atoms with van der Waals surface area (Å²) in [7, 11) is -2.15. The second-order valence-corrected chi connectivity index (χ2v) is 8.32. The van der Waals surface area contributed by atoms with Gasteiger partial charge in [0.1, 0.15) is 5.69 Å². The third-order valence-electron chi connectivity index (χ3n) is 4.29. The maximum Gasteiger partial charge on any atom is 0.433 e. The summed E-state index contributed by atoms with van der Waals surface area (Å²) in [6.45, 7) is 1.74. The molecule has 0 unspecified atom stereocenters. The smallest absolute Gasteiger partial charge is 0.262 e. The van der Waals surface area contributed by atoms with E-state index in [1.54, 1.807) is 31.2 Å². The van der Waals surface area contributed by atoms with Crippen molar-refractivity contribution in [2.75, 3.05) is 6.26 Å². The second-order valence-electron chi connectivity index (χ2n) is 6.31. The van der Waals surface area contributed by atoms with Crippen LogP contribution in [0.5, 0.6) is 0 Å². The number of halogens is 3. The van der Waals surface area contributed by atoms with Crippen molar-refractivity contribution in [2.24, 2.45) is 7.05 Å². The summed E-state index contributed by atoms with van der Waals surface area (Å²) < 4.78 is 65.3. The summed E-state index contributed by atoms with van der Waals surface area (Å²) in [5, 5.41) is 4.10. The minimum absolute atomic E-state index is 0.0183. The van der Waals surface area contributed by atoms with Gasteiger partial charge < -0.3 is 0 Å². The fraction of sp³-hybridized carbons (Fsp3) is 0.211. The summed E-state index contributed by atoms with van der Waals surface area (Å²) in [6, 6.07) is 12.5. The van der Waals surface area contributed by atoms with Gasteiger partial charge in [0.15, 0.2) is 15.5 Å². The highest BCUT2D eigenvalue weighted by Gasteiger charge is 2.40. The standard InChI is InChI=1S/C19H17F3N2O2S/c1-12-6-4-5-7-15(12)16-17(23-24(2)18(16)19(20,21)22)13-8-10-14(11-9-13)27(3,25)26/h4-11H,1-3H3.